The summed E-state index contributed by atoms with van der Waals surface area (Å²) in [5, 5.41) is 0. The first-order valence-corrected chi connectivity index (χ1v) is 7.43. The standard InChI is InChI=1S/C6H9.3CHO.Ru/c1-5(2)6(3)4;3*1-2;/h1H,3H2,2,4H3;3*1H;. The molecule has 0 rings (SSSR count). The molecular weight excluding hydrogens is 257 g/mol. The SMILES string of the molecule is C=C(C)C(C)=[CH][Ru]([CH]=O)([CH]=O)[CH]=O. The van der Waals surface area contributed by atoms with E-state index in [9.17, 15) is 14.4 Å². The zero-order valence-corrected chi connectivity index (χ0v) is 9.33. The Morgan fingerprint density at radius 1 is 1.08 bits per heavy atom. The summed E-state index contributed by atoms with van der Waals surface area (Å²) in [6, 6.07) is 0. The van der Waals surface area contributed by atoms with Gasteiger partial charge in [-0.2, -0.15) is 0 Å². The number of rotatable bonds is 5. The van der Waals surface area contributed by atoms with Crippen LogP contribution in [0.5, 0.6) is 0 Å². The minimum atomic E-state index is -3.44. The molecule has 0 aromatic carbocycles. The molecule has 0 aromatic heterocycles. The van der Waals surface area contributed by atoms with E-state index in [2.05, 4.69) is 6.58 Å². The van der Waals surface area contributed by atoms with Crippen molar-refractivity contribution in [3.63, 3.8) is 0 Å². The zero-order valence-electron chi connectivity index (χ0n) is 7.59. The number of hydrogen-bond donors (Lipinski definition) is 0. The van der Waals surface area contributed by atoms with Gasteiger partial charge in [-0.3, -0.25) is 0 Å². The molecule has 3 nitrogen and oxygen atoms in total. The van der Waals surface area contributed by atoms with Gasteiger partial charge in [0.25, 0.3) is 0 Å². The molecule has 0 saturated heterocycles. The second kappa shape index (κ2) is 4.98. The first-order chi connectivity index (χ1) is 6.01. The molecule has 0 bridgehead atoms. The summed E-state index contributed by atoms with van der Waals surface area (Å²) in [6.45, 7) is 7.14. The van der Waals surface area contributed by atoms with Crippen LogP contribution in [0.2, 0.25) is 0 Å². The Labute approximate surface area is 80.3 Å². The molecule has 0 atom stereocenters. The summed E-state index contributed by atoms with van der Waals surface area (Å²) < 4.78 is 1.48. The monoisotopic (exact) mass is 270 g/mol. The zero-order chi connectivity index (χ0) is 10.5. The summed E-state index contributed by atoms with van der Waals surface area (Å²) >= 11 is -3.44. The van der Waals surface area contributed by atoms with E-state index in [1.165, 1.54) is 4.67 Å². The number of carbonyl (C=O) groups excluding carboxylic acids is 3. The fourth-order valence-corrected chi connectivity index (χ4v) is 2.86. The van der Waals surface area contributed by atoms with E-state index < -0.39 is 14.8 Å². The Kier molecular flexibility index (Phi) is 4.64. The van der Waals surface area contributed by atoms with Gasteiger partial charge in [0.1, 0.15) is 0 Å². The molecule has 0 aromatic rings. The second-order valence-corrected chi connectivity index (χ2v) is 7.73. The van der Waals surface area contributed by atoms with Gasteiger partial charge in [0.15, 0.2) is 0 Å². The molecule has 74 valence electrons. The average molecular weight is 269 g/mol. The molecule has 4 heteroatoms. The van der Waals surface area contributed by atoms with E-state index >= 15 is 0 Å². The Morgan fingerprint density at radius 3 is 1.69 bits per heavy atom. The maximum absolute atomic E-state index is 10.6. The van der Waals surface area contributed by atoms with Gasteiger partial charge in [0.2, 0.25) is 0 Å². The molecule has 0 aliphatic carbocycles. The fraction of sp³-hybridized carbons (Fsp3) is 0.222. The molecule has 13 heavy (non-hydrogen) atoms. The van der Waals surface area contributed by atoms with E-state index in [4.69, 9.17) is 0 Å². The van der Waals surface area contributed by atoms with Crippen molar-refractivity contribution in [1.29, 1.82) is 0 Å². The van der Waals surface area contributed by atoms with E-state index in [-0.39, 0.29) is 0 Å². The van der Waals surface area contributed by atoms with E-state index in [1.54, 1.807) is 13.8 Å². The summed E-state index contributed by atoms with van der Waals surface area (Å²) in [4.78, 5) is 33.2. The molecule has 0 fully saturated rings. The Bertz CT molecular complexity index is 257. The molecule has 0 N–H and O–H groups in total. The molecule has 0 amide bonds. The second-order valence-electron chi connectivity index (χ2n) is 2.52. The summed E-state index contributed by atoms with van der Waals surface area (Å²) in [6.07, 6.45) is 0. The van der Waals surface area contributed by atoms with Crippen molar-refractivity contribution in [1.82, 2.24) is 0 Å². The molecule has 0 spiro atoms. The van der Waals surface area contributed by atoms with Gasteiger partial charge in [-0.1, -0.05) is 0 Å². The van der Waals surface area contributed by atoms with Gasteiger partial charge in [-0.15, -0.1) is 0 Å². The first-order valence-electron chi connectivity index (χ1n) is 3.42. The topological polar surface area (TPSA) is 51.2 Å². The van der Waals surface area contributed by atoms with Crippen LogP contribution in [0.15, 0.2) is 22.4 Å². The Morgan fingerprint density at radius 2 is 1.46 bits per heavy atom. The molecule has 0 heterocycles. The Hall–Kier alpha value is -0.887. The average Bonchev–Trinajstić information content (AvgIpc) is 2.14. The van der Waals surface area contributed by atoms with Crippen LogP contribution in [0.1, 0.15) is 13.8 Å². The fourth-order valence-electron chi connectivity index (χ4n) is 0.483. The third-order valence-corrected chi connectivity index (χ3v) is 5.19. The van der Waals surface area contributed by atoms with Crippen LogP contribution in [-0.4, -0.2) is 14.6 Å². The molecular formula is C9H12O3Ru. The van der Waals surface area contributed by atoms with Gasteiger partial charge in [-0.05, 0) is 0 Å². The van der Waals surface area contributed by atoms with Crippen LogP contribution in [0.4, 0.5) is 0 Å². The number of allylic oxidation sites excluding steroid dienone is 2. The normalized spacial score (nSPS) is 13.2. The van der Waals surface area contributed by atoms with Gasteiger partial charge in [0.05, 0.1) is 0 Å². The number of carbonyl (C=O) groups is 3. The first kappa shape index (κ1) is 12.1. The van der Waals surface area contributed by atoms with Gasteiger partial charge >= 0.3 is 80.0 Å². The van der Waals surface area contributed by atoms with Gasteiger partial charge < -0.3 is 0 Å². The van der Waals surface area contributed by atoms with Gasteiger partial charge in [-0.25, -0.2) is 0 Å². The quantitative estimate of drug-likeness (QED) is 0.428. The minimum absolute atomic E-state index is 0.489. The van der Waals surface area contributed by atoms with E-state index in [0.717, 1.165) is 11.1 Å². The third kappa shape index (κ3) is 3.15. The molecule has 0 aliphatic rings. The summed E-state index contributed by atoms with van der Waals surface area (Å²) in [5.74, 6) is 0. The maximum atomic E-state index is 10.6. The van der Waals surface area contributed by atoms with E-state index in [1.807, 2.05) is 0 Å². The van der Waals surface area contributed by atoms with Crippen LogP contribution in [0, 0.1) is 0 Å². The van der Waals surface area contributed by atoms with Crippen LogP contribution in [0.25, 0.3) is 0 Å². The van der Waals surface area contributed by atoms with Gasteiger partial charge in [0, 0.05) is 0 Å². The molecule has 0 saturated carbocycles. The van der Waals surface area contributed by atoms with E-state index in [0.29, 0.717) is 14.6 Å². The molecule has 0 radical (unpaired) electrons. The number of hydrogen-bond acceptors (Lipinski definition) is 3. The van der Waals surface area contributed by atoms with Crippen LogP contribution >= 0.6 is 0 Å². The van der Waals surface area contributed by atoms with Crippen LogP contribution < -0.4 is 0 Å². The predicted octanol–water partition coefficient (Wildman–Crippen LogP) is 1.19. The van der Waals surface area contributed by atoms with Crippen molar-refractivity contribution in [3.8, 4) is 0 Å². The van der Waals surface area contributed by atoms with Crippen molar-refractivity contribution < 1.29 is 29.2 Å². The van der Waals surface area contributed by atoms with Crippen molar-refractivity contribution in [3.05, 3.63) is 22.4 Å². The van der Waals surface area contributed by atoms with Crippen molar-refractivity contribution in [2.45, 2.75) is 13.8 Å². The summed E-state index contributed by atoms with van der Waals surface area (Å²) in [5.41, 5.74) is 1.49. The van der Waals surface area contributed by atoms with Crippen LogP contribution in [-0.2, 0) is 29.2 Å². The molecule has 0 aliphatic heterocycles. The third-order valence-electron chi connectivity index (χ3n) is 1.44. The predicted molar refractivity (Wildman–Crippen MR) is 48.8 cm³/mol. The van der Waals surface area contributed by atoms with Crippen molar-refractivity contribution in [2.75, 3.05) is 0 Å². The Balaban J connectivity index is 5.10. The molecule has 0 unspecified atom stereocenters. The van der Waals surface area contributed by atoms with Crippen LogP contribution in [0.3, 0.4) is 0 Å². The van der Waals surface area contributed by atoms with Crippen molar-refractivity contribution >= 4 is 14.6 Å². The van der Waals surface area contributed by atoms with Crippen molar-refractivity contribution in [2.24, 2.45) is 0 Å². The summed E-state index contributed by atoms with van der Waals surface area (Å²) in [7, 11) is 0.